The zero-order chi connectivity index (χ0) is 12.3. The van der Waals surface area contributed by atoms with Crippen molar-refractivity contribution in [3.8, 4) is 0 Å². The minimum atomic E-state index is 0.0547. The zero-order valence-corrected chi connectivity index (χ0v) is 10.1. The van der Waals surface area contributed by atoms with Crippen LogP contribution in [0.15, 0.2) is 30.6 Å². The minimum Gasteiger partial charge on any atom is -0.271 e. The second-order valence-corrected chi connectivity index (χ2v) is 4.08. The molecule has 1 aromatic carbocycles. The third-order valence-electron chi connectivity index (χ3n) is 2.96. The van der Waals surface area contributed by atoms with Gasteiger partial charge in [-0.2, -0.15) is 5.10 Å². The minimum absolute atomic E-state index is 0.0547. The van der Waals surface area contributed by atoms with Gasteiger partial charge < -0.3 is 0 Å². The van der Waals surface area contributed by atoms with Crippen LogP contribution in [0.1, 0.15) is 23.0 Å². The number of aromatic nitrogens is 3. The van der Waals surface area contributed by atoms with E-state index in [1.54, 1.807) is 11.0 Å². The molecule has 2 rings (SSSR count). The molecule has 90 valence electrons. The number of benzene rings is 1. The molecule has 0 fully saturated rings. The first-order valence-electron chi connectivity index (χ1n) is 5.57. The van der Waals surface area contributed by atoms with Crippen LogP contribution in [0.3, 0.4) is 0 Å². The van der Waals surface area contributed by atoms with Crippen LogP contribution in [0, 0.1) is 6.92 Å². The second-order valence-electron chi connectivity index (χ2n) is 4.08. The maximum Gasteiger partial charge on any atom is 0.138 e. The SMILES string of the molecule is Cc1ccccc1C(Cc1ncnn1C)NN. The van der Waals surface area contributed by atoms with Gasteiger partial charge in [-0.25, -0.2) is 4.98 Å². The van der Waals surface area contributed by atoms with Gasteiger partial charge in [0.1, 0.15) is 12.2 Å². The number of nitrogens with zero attached hydrogens (tertiary/aromatic N) is 3. The average Bonchev–Trinajstić information content (AvgIpc) is 2.73. The Hall–Kier alpha value is -1.72. The lowest BCUT2D eigenvalue weighted by Gasteiger charge is -2.17. The third-order valence-corrected chi connectivity index (χ3v) is 2.96. The predicted octanol–water partition coefficient (Wildman–Crippen LogP) is 0.871. The van der Waals surface area contributed by atoms with Crippen molar-refractivity contribution in [3.05, 3.63) is 47.5 Å². The Kier molecular flexibility index (Phi) is 3.51. The Balaban J connectivity index is 2.23. The number of hydrogen-bond donors (Lipinski definition) is 2. The van der Waals surface area contributed by atoms with E-state index < -0.39 is 0 Å². The number of nitrogens with two attached hydrogens (primary N) is 1. The molecule has 1 unspecified atom stereocenters. The van der Waals surface area contributed by atoms with E-state index in [0.717, 1.165) is 12.2 Å². The van der Waals surface area contributed by atoms with E-state index in [9.17, 15) is 0 Å². The van der Waals surface area contributed by atoms with E-state index >= 15 is 0 Å². The first-order valence-corrected chi connectivity index (χ1v) is 5.57. The topological polar surface area (TPSA) is 68.8 Å². The summed E-state index contributed by atoms with van der Waals surface area (Å²) in [5, 5.41) is 4.06. The highest BCUT2D eigenvalue weighted by Gasteiger charge is 2.15. The molecule has 0 spiro atoms. The summed E-state index contributed by atoms with van der Waals surface area (Å²) in [6, 6.07) is 8.25. The summed E-state index contributed by atoms with van der Waals surface area (Å²) in [5.74, 6) is 6.55. The van der Waals surface area contributed by atoms with Crippen molar-refractivity contribution in [1.82, 2.24) is 20.2 Å². The van der Waals surface area contributed by atoms with Gasteiger partial charge in [-0.05, 0) is 18.1 Å². The van der Waals surface area contributed by atoms with E-state index in [1.165, 1.54) is 11.1 Å². The first kappa shape index (κ1) is 11.8. The molecule has 3 N–H and O–H groups in total. The summed E-state index contributed by atoms with van der Waals surface area (Å²) in [6.07, 6.45) is 2.28. The summed E-state index contributed by atoms with van der Waals surface area (Å²) < 4.78 is 1.77. The number of aryl methyl sites for hydroxylation is 2. The summed E-state index contributed by atoms with van der Waals surface area (Å²) in [6.45, 7) is 2.08. The van der Waals surface area contributed by atoms with Gasteiger partial charge in [-0.1, -0.05) is 24.3 Å². The van der Waals surface area contributed by atoms with Crippen LogP contribution in [0.5, 0.6) is 0 Å². The molecule has 0 amide bonds. The molecule has 2 aromatic rings. The molecule has 0 aliphatic heterocycles. The molecule has 0 radical (unpaired) electrons. The van der Waals surface area contributed by atoms with Gasteiger partial charge in [0.25, 0.3) is 0 Å². The third kappa shape index (κ3) is 2.51. The molecule has 1 aromatic heterocycles. The van der Waals surface area contributed by atoms with E-state index in [4.69, 9.17) is 5.84 Å². The van der Waals surface area contributed by atoms with Crippen LogP contribution in [0.4, 0.5) is 0 Å². The van der Waals surface area contributed by atoms with Crippen LogP contribution in [-0.2, 0) is 13.5 Å². The lowest BCUT2D eigenvalue weighted by molar-refractivity contribution is 0.521. The fraction of sp³-hybridized carbons (Fsp3) is 0.333. The monoisotopic (exact) mass is 231 g/mol. The number of hydrazine groups is 1. The highest BCUT2D eigenvalue weighted by atomic mass is 15.3. The van der Waals surface area contributed by atoms with Crippen LogP contribution in [0.2, 0.25) is 0 Å². The lowest BCUT2D eigenvalue weighted by Crippen LogP contribution is -2.30. The normalized spacial score (nSPS) is 12.6. The molecule has 5 heteroatoms. The Morgan fingerprint density at radius 2 is 2.18 bits per heavy atom. The fourth-order valence-corrected chi connectivity index (χ4v) is 1.92. The summed E-state index contributed by atoms with van der Waals surface area (Å²) in [4.78, 5) is 4.21. The Morgan fingerprint density at radius 3 is 2.76 bits per heavy atom. The zero-order valence-electron chi connectivity index (χ0n) is 10.1. The Morgan fingerprint density at radius 1 is 1.41 bits per heavy atom. The Bertz CT molecular complexity index is 491. The number of hydrogen-bond acceptors (Lipinski definition) is 4. The second kappa shape index (κ2) is 5.07. The van der Waals surface area contributed by atoms with Crippen LogP contribution < -0.4 is 11.3 Å². The van der Waals surface area contributed by atoms with Gasteiger partial charge in [0.05, 0.1) is 6.04 Å². The van der Waals surface area contributed by atoms with Crippen LogP contribution >= 0.6 is 0 Å². The summed E-state index contributed by atoms with van der Waals surface area (Å²) >= 11 is 0. The summed E-state index contributed by atoms with van der Waals surface area (Å²) in [5.41, 5.74) is 5.26. The van der Waals surface area contributed by atoms with Crippen molar-refractivity contribution in [2.75, 3.05) is 0 Å². The van der Waals surface area contributed by atoms with Gasteiger partial charge in [0, 0.05) is 13.5 Å². The molecule has 5 nitrogen and oxygen atoms in total. The van der Waals surface area contributed by atoms with Crippen molar-refractivity contribution in [1.29, 1.82) is 0 Å². The number of rotatable bonds is 4. The standard InChI is InChI=1S/C12H17N5/c1-9-5-3-4-6-10(9)11(16-13)7-12-14-8-15-17(12)2/h3-6,8,11,16H,7,13H2,1-2H3. The molecule has 17 heavy (non-hydrogen) atoms. The van der Waals surface area contributed by atoms with Gasteiger partial charge in [-0.3, -0.25) is 16.0 Å². The molecule has 1 heterocycles. The highest BCUT2D eigenvalue weighted by molar-refractivity contribution is 5.29. The maximum atomic E-state index is 5.63. The number of nitrogens with one attached hydrogen (secondary N) is 1. The van der Waals surface area contributed by atoms with Crippen molar-refractivity contribution in [2.45, 2.75) is 19.4 Å². The van der Waals surface area contributed by atoms with E-state index in [0.29, 0.717) is 0 Å². The van der Waals surface area contributed by atoms with E-state index in [-0.39, 0.29) is 6.04 Å². The Labute approximate surface area is 101 Å². The lowest BCUT2D eigenvalue weighted by atomic mass is 9.99. The quantitative estimate of drug-likeness (QED) is 0.605. The van der Waals surface area contributed by atoms with Crippen LogP contribution in [-0.4, -0.2) is 14.8 Å². The molecule has 0 saturated heterocycles. The molecule has 0 aliphatic carbocycles. The molecule has 0 aliphatic rings. The molecular formula is C12H17N5. The van der Waals surface area contributed by atoms with Crippen molar-refractivity contribution >= 4 is 0 Å². The molecule has 1 atom stereocenters. The summed E-state index contributed by atoms with van der Waals surface area (Å²) in [7, 11) is 1.88. The predicted molar refractivity (Wildman–Crippen MR) is 66.0 cm³/mol. The first-order chi connectivity index (χ1) is 8.22. The molecular weight excluding hydrogens is 214 g/mol. The van der Waals surface area contributed by atoms with E-state index in [1.807, 2.05) is 19.2 Å². The van der Waals surface area contributed by atoms with Crippen molar-refractivity contribution < 1.29 is 0 Å². The highest BCUT2D eigenvalue weighted by Crippen LogP contribution is 2.19. The van der Waals surface area contributed by atoms with E-state index in [2.05, 4.69) is 34.6 Å². The molecule has 0 bridgehead atoms. The smallest absolute Gasteiger partial charge is 0.138 e. The van der Waals surface area contributed by atoms with Gasteiger partial charge >= 0.3 is 0 Å². The van der Waals surface area contributed by atoms with Gasteiger partial charge in [-0.15, -0.1) is 0 Å². The average molecular weight is 231 g/mol. The molecule has 0 saturated carbocycles. The maximum absolute atomic E-state index is 5.63. The van der Waals surface area contributed by atoms with Crippen LogP contribution in [0.25, 0.3) is 0 Å². The van der Waals surface area contributed by atoms with Gasteiger partial charge in [0.15, 0.2) is 0 Å². The van der Waals surface area contributed by atoms with Crippen molar-refractivity contribution in [3.63, 3.8) is 0 Å². The largest absolute Gasteiger partial charge is 0.271 e. The fourth-order valence-electron chi connectivity index (χ4n) is 1.92. The van der Waals surface area contributed by atoms with Gasteiger partial charge in [0.2, 0.25) is 0 Å². The van der Waals surface area contributed by atoms with Crippen molar-refractivity contribution in [2.24, 2.45) is 12.9 Å².